The summed E-state index contributed by atoms with van der Waals surface area (Å²) in [6, 6.07) is -1.07. The van der Waals surface area contributed by atoms with Crippen LogP contribution in [0.25, 0.3) is 0 Å². The standard InChI is InChI=1S/C20H35N5O7/c1-25-6-3-20(4-7-25)12-17(27)23-15(19(29)22-14-30-2)11-16(26)21-5-8-31-9-10-32-13-18(28)24-20/h15H,3-14H2,1-2H3,(H,21,26)(H,22,29)(H,23,27)(H,24,28)/t15-/m0/s1. The predicted octanol–water partition coefficient (Wildman–Crippen LogP) is -2.28. The van der Waals surface area contributed by atoms with Crippen molar-refractivity contribution in [2.24, 2.45) is 0 Å². The zero-order chi connectivity index (χ0) is 23.4. The third-order valence-electron chi connectivity index (χ3n) is 5.45. The van der Waals surface area contributed by atoms with Crippen LogP contribution in [-0.4, -0.2) is 107 Å². The number of nitrogens with zero attached hydrogens (tertiary/aromatic N) is 1. The number of ether oxygens (including phenoxy) is 3. The van der Waals surface area contributed by atoms with Crippen molar-refractivity contribution < 1.29 is 33.4 Å². The fraction of sp³-hybridized carbons (Fsp3) is 0.800. The number of methoxy groups -OCH3 is 1. The Morgan fingerprint density at radius 1 is 1.12 bits per heavy atom. The van der Waals surface area contributed by atoms with Crippen LogP contribution in [0.3, 0.4) is 0 Å². The Hall–Kier alpha value is -2.28. The molecule has 12 nitrogen and oxygen atoms in total. The number of carbonyl (C=O) groups is 4. The lowest BCUT2D eigenvalue weighted by Gasteiger charge is -2.41. The molecule has 2 aliphatic heterocycles. The molecule has 0 aromatic rings. The molecule has 1 spiro atoms. The van der Waals surface area contributed by atoms with Crippen molar-refractivity contribution in [2.45, 2.75) is 37.3 Å². The van der Waals surface area contributed by atoms with E-state index in [0.717, 1.165) is 0 Å². The highest BCUT2D eigenvalue weighted by atomic mass is 16.5. The predicted molar refractivity (Wildman–Crippen MR) is 113 cm³/mol. The Morgan fingerprint density at radius 3 is 2.56 bits per heavy atom. The van der Waals surface area contributed by atoms with Crippen molar-refractivity contribution in [3.05, 3.63) is 0 Å². The normalized spacial score (nSPS) is 24.7. The number of nitrogens with one attached hydrogen (secondary N) is 4. The van der Waals surface area contributed by atoms with Gasteiger partial charge in [-0.2, -0.15) is 0 Å². The minimum absolute atomic E-state index is 0.00856. The maximum atomic E-state index is 12.9. The second kappa shape index (κ2) is 13.3. The van der Waals surface area contributed by atoms with Crippen molar-refractivity contribution in [3.63, 3.8) is 0 Å². The summed E-state index contributed by atoms with van der Waals surface area (Å²) in [7, 11) is 3.40. The van der Waals surface area contributed by atoms with Gasteiger partial charge in [-0.25, -0.2) is 0 Å². The average molecular weight is 458 g/mol. The summed E-state index contributed by atoms with van der Waals surface area (Å²) in [6.07, 6.45) is 0.914. The van der Waals surface area contributed by atoms with E-state index in [-0.39, 0.29) is 58.5 Å². The van der Waals surface area contributed by atoms with E-state index in [1.807, 2.05) is 7.05 Å². The molecule has 0 radical (unpaired) electrons. The summed E-state index contributed by atoms with van der Waals surface area (Å²) >= 11 is 0. The molecule has 12 heteroatoms. The monoisotopic (exact) mass is 457 g/mol. The third kappa shape index (κ3) is 9.07. The van der Waals surface area contributed by atoms with Crippen molar-refractivity contribution >= 4 is 23.6 Å². The van der Waals surface area contributed by atoms with Crippen LogP contribution in [0.2, 0.25) is 0 Å². The van der Waals surface area contributed by atoms with Gasteiger partial charge in [0.05, 0.1) is 31.8 Å². The van der Waals surface area contributed by atoms with Gasteiger partial charge >= 0.3 is 0 Å². The molecule has 0 aromatic carbocycles. The Bertz CT molecular complexity index is 652. The molecule has 1 atom stereocenters. The van der Waals surface area contributed by atoms with E-state index >= 15 is 0 Å². The number of hydrogen-bond donors (Lipinski definition) is 4. The molecular weight excluding hydrogens is 422 g/mol. The SMILES string of the molecule is COCNC(=O)[C@@H]1CC(=O)NCCOCCOCC(=O)NC2(CCN(C)CC2)CC(=O)N1. The second-order valence-electron chi connectivity index (χ2n) is 8.12. The first kappa shape index (κ1) is 26.0. The van der Waals surface area contributed by atoms with E-state index in [1.54, 1.807) is 0 Å². The summed E-state index contributed by atoms with van der Waals surface area (Å²) in [6.45, 7) is 2.25. The van der Waals surface area contributed by atoms with Gasteiger partial charge in [-0.3, -0.25) is 19.2 Å². The maximum absolute atomic E-state index is 12.9. The highest BCUT2D eigenvalue weighted by Gasteiger charge is 2.38. The van der Waals surface area contributed by atoms with Crippen LogP contribution < -0.4 is 21.3 Å². The van der Waals surface area contributed by atoms with Gasteiger partial charge in [-0.15, -0.1) is 0 Å². The van der Waals surface area contributed by atoms with Crippen molar-refractivity contribution in [1.82, 2.24) is 26.2 Å². The molecule has 182 valence electrons. The quantitative estimate of drug-likeness (QED) is 0.347. The van der Waals surface area contributed by atoms with Gasteiger partial charge in [-0.05, 0) is 19.9 Å². The van der Waals surface area contributed by atoms with Crippen LogP contribution in [0.5, 0.6) is 0 Å². The van der Waals surface area contributed by atoms with Gasteiger partial charge in [0.1, 0.15) is 19.4 Å². The molecule has 2 rings (SSSR count). The highest BCUT2D eigenvalue weighted by Crippen LogP contribution is 2.25. The number of rotatable bonds is 3. The topological polar surface area (TPSA) is 147 Å². The number of carbonyl (C=O) groups excluding carboxylic acids is 4. The van der Waals surface area contributed by atoms with Crippen LogP contribution in [0.15, 0.2) is 0 Å². The molecule has 0 aliphatic carbocycles. The van der Waals surface area contributed by atoms with Crippen molar-refractivity contribution in [2.75, 3.05) is 67.0 Å². The third-order valence-corrected chi connectivity index (χ3v) is 5.45. The summed E-state index contributed by atoms with van der Waals surface area (Å²) < 4.78 is 15.6. The molecule has 0 unspecified atom stereocenters. The van der Waals surface area contributed by atoms with E-state index < -0.39 is 29.3 Å². The highest BCUT2D eigenvalue weighted by molar-refractivity contribution is 5.92. The fourth-order valence-corrected chi connectivity index (χ4v) is 3.66. The Balaban J connectivity index is 2.15. The minimum atomic E-state index is -1.07. The second-order valence-corrected chi connectivity index (χ2v) is 8.12. The molecule has 4 N–H and O–H groups in total. The van der Waals surface area contributed by atoms with Crippen molar-refractivity contribution in [1.29, 1.82) is 0 Å². The summed E-state index contributed by atoms with van der Waals surface area (Å²) in [5.41, 5.74) is -0.753. The number of piperidine rings is 1. The number of hydrogen-bond acceptors (Lipinski definition) is 8. The molecule has 2 aliphatic rings. The molecule has 2 heterocycles. The molecule has 32 heavy (non-hydrogen) atoms. The van der Waals surface area contributed by atoms with Gasteiger partial charge in [-0.1, -0.05) is 0 Å². The lowest BCUT2D eigenvalue weighted by molar-refractivity contribution is -0.134. The van der Waals surface area contributed by atoms with Gasteiger partial charge in [0.15, 0.2) is 0 Å². The van der Waals surface area contributed by atoms with E-state index in [4.69, 9.17) is 14.2 Å². The average Bonchev–Trinajstić information content (AvgIpc) is 2.75. The van der Waals surface area contributed by atoms with E-state index in [2.05, 4.69) is 26.2 Å². The van der Waals surface area contributed by atoms with E-state index in [9.17, 15) is 19.2 Å². The van der Waals surface area contributed by atoms with Crippen molar-refractivity contribution in [3.8, 4) is 0 Å². The van der Waals surface area contributed by atoms with Crippen LogP contribution in [0, 0.1) is 0 Å². The molecule has 0 saturated carbocycles. The Labute approximate surface area is 188 Å². The first-order valence-electron chi connectivity index (χ1n) is 10.8. The van der Waals surface area contributed by atoms with Crippen LogP contribution in [0.4, 0.5) is 0 Å². The summed E-state index contributed by atoms with van der Waals surface area (Å²) in [5.74, 6) is -1.65. The molecule has 0 bridgehead atoms. The molecule has 4 amide bonds. The van der Waals surface area contributed by atoms with Crippen LogP contribution >= 0.6 is 0 Å². The zero-order valence-electron chi connectivity index (χ0n) is 18.9. The summed E-state index contributed by atoms with van der Waals surface area (Å²) in [5, 5.41) is 10.8. The Morgan fingerprint density at radius 2 is 1.84 bits per heavy atom. The van der Waals surface area contributed by atoms with E-state index in [0.29, 0.717) is 25.9 Å². The largest absolute Gasteiger partial charge is 0.377 e. The first-order chi connectivity index (χ1) is 15.3. The smallest absolute Gasteiger partial charge is 0.246 e. The van der Waals surface area contributed by atoms with Gasteiger partial charge in [0, 0.05) is 33.2 Å². The van der Waals surface area contributed by atoms with Gasteiger partial charge in [0.25, 0.3) is 0 Å². The fourth-order valence-electron chi connectivity index (χ4n) is 3.66. The van der Waals surface area contributed by atoms with Gasteiger partial charge in [0.2, 0.25) is 23.6 Å². The minimum Gasteiger partial charge on any atom is -0.377 e. The molecule has 2 fully saturated rings. The summed E-state index contributed by atoms with van der Waals surface area (Å²) in [4.78, 5) is 52.3. The molecule has 0 aromatic heterocycles. The maximum Gasteiger partial charge on any atom is 0.246 e. The lowest BCUT2D eigenvalue weighted by atomic mass is 9.84. The van der Waals surface area contributed by atoms with Gasteiger partial charge < -0.3 is 40.4 Å². The molecular formula is C20H35N5O7. The molecule has 2 saturated heterocycles. The first-order valence-corrected chi connectivity index (χ1v) is 10.8. The van der Waals surface area contributed by atoms with Crippen LogP contribution in [0.1, 0.15) is 25.7 Å². The lowest BCUT2D eigenvalue weighted by Crippen LogP contribution is -2.58. The number of likely N-dealkylation sites (tertiary alicyclic amines) is 1. The van der Waals surface area contributed by atoms with Crippen LogP contribution in [-0.2, 0) is 33.4 Å². The van der Waals surface area contributed by atoms with E-state index in [1.165, 1.54) is 7.11 Å². The zero-order valence-corrected chi connectivity index (χ0v) is 18.9. The Kier molecular flexibility index (Phi) is 10.8. The number of amides is 4.